The monoisotopic (exact) mass is 362 g/mol. The van der Waals surface area contributed by atoms with Crippen LogP contribution in [0.5, 0.6) is 11.5 Å². The van der Waals surface area contributed by atoms with Crippen molar-refractivity contribution in [3.05, 3.63) is 23.8 Å². The summed E-state index contributed by atoms with van der Waals surface area (Å²) in [6.07, 6.45) is 0. The molecule has 26 heavy (non-hydrogen) atoms. The summed E-state index contributed by atoms with van der Waals surface area (Å²) in [4.78, 5) is 19.2. The number of hydrogen-bond donors (Lipinski definition) is 2. The lowest BCUT2D eigenvalue weighted by Gasteiger charge is -2.21. The number of aryl methyl sites for hydroxylation is 1. The van der Waals surface area contributed by atoms with Crippen LogP contribution in [0.3, 0.4) is 0 Å². The first-order valence-electron chi connectivity index (χ1n) is 8.15. The summed E-state index contributed by atoms with van der Waals surface area (Å²) in [5.41, 5.74) is 8.44. The van der Waals surface area contributed by atoms with Crippen molar-refractivity contribution in [2.45, 2.75) is 20.8 Å². The van der Waals surface area contributed by atoms with Crippen LogP contribution in [0.4, 0.5) is 11.8 Å². The Morgan fingerprint density at radius 1 is 1.12 bits per heavy atom. The van der Waals surface area contributed by atoms with Crippen LogP contribution in [0.1, 0.15) is 19.4 Å². The van der Waals surface area contributed by atoms with Gasteiger partial charge in [0.05, 0.1) is 25.5 Å². The summed E-state index contributed by atoms with van der Waals surface area (Å²) in [7, 11) is 3.27. The fourth-order valence-corrected chi connectivity index (χ4v) is 2.59. The molecule has 0 amide bonds. The first kappa shape index (κ1) is 21.0. The number of rotatable bonds is 6. The molecule has 0 bridgehead atoms. The van der Waals surface area contributed by atoms with E-state index in [4.69, 9.17) is 25.1 Å². The number of nitrogen functional groups attached to an aromatic ring is 1. The van der Waals surface area contributed by atoms with Crippen molar-refractivity contribution >= 4 is 18.2 Å². The van der Waals surface area contributed by atoms with E-state index in [0.717, 1.165) is 30.0 Å². The van der Waals surface area contributed by atoms with Crippen molar-refractivity contribution in [1.82, 2.24) is 9.97 Å². The van der Waals surface area contributed by atoms with Crippen LogP contribution in [-0.4, -0.2) is 48.9 Å². The number of hydrogen-bond acceptors (Lipinski definition) is 7. The van der Waals surface area contributed by atoms with Crippen LogP contribution in [0, 0.1) is 6.92 Å². The lowest BCUT2D eigenvalue weighted by molar-refractivity contribution is -0.122. The molecule has 0 saturated carbocycles. The Bertz CT molecular complexity index is 708. The molecule has 0 aliphatic rings. The summed E-state index contributed by atoms with van der Waals surface area (Å²) in [6, 6.07) is 5.82. The highest BCUT2D eigenvalue weighted by molar-refractivity contribution is 5.77. The number of ether oxygens (including phenoxy) is 2. The third kappa shape index (κ3) is 4.98. The van der Waals surface area contributed by atoms with E-state index < -0.39 is 0 Å². The molecule has 1 aromatic carbocycles. The molecule has 1 aromatic heterocycles. The van der Waals surface area contributed by atoms with Crippen molar-refractivity contribution < 1.29 is 19.4 Å². The van der Waals surface area contributed by atoms with Gasteiger partial charge in [-0.15, -0.1) is 0 Å². The lowest BCUT2D eigenvalue weighted by atomic mass is 10.1. The smallest absolute Gasteiger partial charge is 0.290 e. The molecule has 8 nitrogen and oxygen atoms in total. The molecular formula is C18H26N4O4. The Balaban J connectivity index is 0.00000105. The van der Waals surface area contributed by atoms with Crippen LogP contribution >= 0.6 is 0 Å². The summed E-state index contributed by atoms with van der Waals surface area (Å²) in [6.45, 7) is 7.58. The molecule has 0 saturated heterocycles. The molecule has 0 aliphatic heterocycles. The zero-order valence-corrected chi connectivity index (χ0v) is 15.8. The van der Waals surface area contributed by atoms with Crippen LogP contribution in [0.15, 0.2) is 18.2 Å². The molecule has 0 unspecified atom stereocenters. The number of carboxylic acid groups (broad SMARTS) is 1. The van der Waals surface area contributed by atoms with Crippen LogP contribution in [-0.2, 0) is 4.79 Å². The summed E-state index contributed by atoms with van der Waals surface area (Å²) >= 11 is 0. The highest BCUT2D eigenvalue weighted by Gasteiger charge is 2.18. The predicted octanol–water partition coefficient (Wildman–Crippen LogP) is 2.60. The SMILES string of the molecule is CCN(CC)c1cc(-c2c(OC)cc(C)cc2OC)nc(N)n1.O=CO. The van der Waals surface area contributed by atoms with Crippen LogP contribution in [0.25, 0.3) is 11.3 Å². The van der Waals surface area contributed by atoms with Gasteiger partial charge in [0.25, 0.3) is 6.47 Å². The van der Waals surface area contributed by atoms with Gasteiger partial charge in [0.1, 0.15) is 17.3 Å². The minimum Gasteiger partial charge on any atom is -0.496 e. The van der Waals surface area contributed by atoms with E-state index in [2.05, 4.69) is 28.7 Å². The number of nitrogens with zero attached hydrogens (tertiary/aromatic N) is 3. The molecule has 2 aromatic rings. The number of anilines is 2. The zero-order valence-electron chi connectivity index (χ0n) is 15.8. The Labute approximate surface area is 153 Å². The van der Waals surface area contributed by atoms with Gasteiger partial charge in [-0.1, -0.05) is 0 Å². The molecule has 0 atom stereocenters. The van der Waals surface area contributed by atoms with Crippen molar-refractivity contribution in [2.24, 2.45) is 0 Å². The number of aromatic nitrogens is 2. The predicted molar refractivity (Wildman–Crippen MR) is 102 cm³/mol. The maximum atomic E-state index is 8.36. The average molecular weight is 362 g/mol. The Kier molecular flexibility index (Phi) is 8.14. The fourth-order valence-electron chi connectivity index (χ4n) is 2.59. The number of methoxy groups -OCH3 is 2. The highest BCUT2D eigenvalue weighted by atomic mass is 16.5. The molecule has 3 N–H and O–H groups in total. The number of carbonyl (C=O) groups is 1. The van der Waals surface area contributed by atoms with Crippen molar-refractivity contribution in [3.8, 4) is 22.8 Å². The van der Waals surface area contributed by atoms with Gasteiger partial charge in [-0.05, 0) is 38.5 Å². The van der Waals surface area contributed by atoms with Gasteiger partial charge in [-0.25, -0.2) is 4.98 Å². The first-order valence-corrected chi connectivity index (χ1v) is 8.15. The fraction of sp³-hybridized carbons (Fsp3) is 0.389. The molecule has 8 heteroatoms. The van der Waals surface area contributed by atoms with E-state index in [1.165, 1.54) is 0 Å². The normalized spacial score (nSPS) is 9.73. The molecule has 2 rings (SSSR count). The van der Waals surface area contributed by atoms with Gasteiger partial charge < -0.3 is 25.2 Å². The van der Waals surface area contributed by atoms with Gasteiger partial charge >= 0.3 is 0 Å². The minimum atomic E-state index is -0.250. The largest absolute Gasteiger partial charge is 0.496 e. The van der Waals surface area contributed by atoms with E-state index in [-0.39, 0.29) is 12.4 Å². The Hall–Kier alpha value is -3.03. The number of nitrogens with two attached hydrogens (primary N) is 1. The van der Waals surface area contributed by atoms with Crippen molar-refractivity contribution in [3.63, 3.8) is 0 Å². The van der Waals surface area contributed by atoms with E-state index in [1.54, 1.807) is 14.2 Å². The minimum absolute atomic E-state index is 0.231. The Morgan fingerprint density at radius 3 is 2.04 bits per heavy atom. The molecule has 0 radical (unpaired) electrons. The first-order chi connectivity index (χ1) is 12.4. The standard InChI is InChI=1S/C17H24N4O2.CH2O2/c1-6-21(7-2)15-10-12(19-17(18)20-15)16-13(22-4)8-11(3)9-14(16)23-5;2-1-3/h8-10H,6-7H2,1-5H3,(H2,18,19,20);1H,(H,2,3). The molecule has 0 aliphatic carbocycles. The summed E-state index contributed by atoms with van der Waals surface area (Å²) in [5.74, 6) is 2.42. The maximum absolute atomic E-state index is 8.36. The summed E-state index contributed by atoms with van der Waals surface area (Å²) in [5, 5.41) is 6.89. The van der Waals surface area contributed by atoms with Crippen LogP contribution < -0.4 is 20.1 Å². The quantitative estimate of drug-likeness (QED) is 0.754. The van der Waals surface area contributed by atoms with Gasteiger partial charge in [0.2, 0.25) is 5.95 Å². The second-order valence-corrected chi connectivity index (χ2v) is 5.29. The molecule has 0 spiro atoms. The zero-order chi connectivity index (χ0) is 19.7. The van der Waals surface area contributed by atoms with Crippen LogP contribution in [0.2, 0.25) is 0 Å². The van der Waals surface area contributed by atoms with Gasteiger partial charge in [-0.2, -0.15) is 4.98 Å². The molecular weight excluding hydrogens is 336 g/mol. The highest BCUT2D eigenvalue weighted by Crippen LogP contribution is 2.39. The van der Waals surface area contributed by atoms with Gasteiger partial charge in [0.15, 0.2) is 0 Å². The topological polar surface area (TPSA) is 111 Å². The van der Waals surface area contributed by atoms with E-state index in [0.29, 0.717) is 17.2 Å². The third-order valence-electron chi connectivity index (χ3n) is 3.72. The number of benzene rings is 1. The van der Waals surface area contributed by atoms with E-state index in [9.17, 15) is 0 Å². The average Bonchev–Trinajstić information content (AvgIpc) is 2.62. The second kappa shape index (κ2) is 10.1. The third-order valence-corrected chi connectivity index (χ3v) is 3.72. The van der Waals surface area contributed by atoms with Crippen molar-refractivity contribution in [2.75, 3.05) is 37.9 Å². The van der Waals surface area contributed by atoms with E-state index >= 15 is 0 Å². The molecule has 142 valence electrons. The van der Waals surface area contributed by atoms with E-state index in [1.807, 2.05) is 25.1 Å². The lowest BCUT2D eigenvalue weighted by Crippen LogP contribution is -2.23. The van der Waals surface area contributed by atoms with Crippen molar-refractivity contribution in [1.29, 1.82) is 0 Å². The summed E-state index contributed by atoms with van der Waals surface area (Å²) < 4.78 is 11.0. The van der Waals surface area contributed by atoms with Gasteiger partial charge in [-0.3, -0.25) is 4.79 Å². The maximum Gasteiger partial charge on any atom is 0.290 e. The second-order valence-electron chi connectivity index (χ2n) is 5.29. The molecule has 0 fully saturated rings. The Morgan fingerprint density at radius 2 is 1.62 bits per heavy atom. The molecule has 1 heterocycles. The van der Waals surface area contributed by atoms with Gasteiger partial charge in [0, 0.05) is 19.2 Å².